The maximum absolute atomic E-state index is 13.2. The first-order valence-corrected chi connectivity index (χ1v) is 13.8. The third kappa shape index (κ3) is 4.21. The van der Waals surface area contributed by atoms with Gasteiger partial charge in [0.05, 0.1) is 10.3 Å². The molecule has 6 rings (SSSR count). The van der Waals surface area contributed by atoms with Gasteiger partial charge in [0.15, 0.2) is 5.11 Å². The van der Waals surface area contributed by atoms with Crippen LogP contribution >= 0.6 is 12.2 Å². The van der Waals surface area contributed by atoms with E-state index >= 15 is 0 Å². The summed E-state index contributed by atoms with van der Waals surface area (Å²) in [7, 11) is -3.47. The molecule has 1 amide bonds. The fourth-order valence-corrected chi connectivity index (χ4v) is 8.55. The Labute approximate surface area is 196 Å². The maximum atomic E-state index is 13.2. The van der Waals surface area contributed by atoms with E-state index in [1.165, 1.54) is 19.3 Å². The summed E-state index contributed by atoms with van der Waals surface area (Å²) in [6.45, 7) is 3.31. The summed E-state index contributed by atoms with van der Waals surface area (Å²) in [5.41, 5.74) is 0.428. The van der Waals surface area contributed by atoms with Crippen molar-refractivity contribution < 1.29 is 13.2 Å². The molecule has 0 radical (unpaired) electrons. The van der Waals surface area contributed by atoms with E-state index in [1.54, 1.807) is 28.6 Å². The Bertz CT molecular complexity index is 963. The summed E-state index contributed by atoms with van der Waals surface area (Å²) in [5, 5.41) is 6.28. The highest BCUT2D eigenvalue weighted by atomic mass is 32.2. The number of rotatable bonds is 4. The van der Waals surface area contributed by atoms with Crippen molar-refractivity contribution in [1.29, 1.82) is 0 Å². The van der Waals surface area contributed by atoms with Gasteiger partial charge in [0.1, 0.15) is 0 Å². The number of anilines is 1. The van der Waals surface area contributed by atoms with Crippen LogP contribution in [-0.2, 0) is 14.8 Å². The molecular formula is C24H33N3O3S2. The second kappa shape index (κ2) is 8.37. The van der Waals surface area contributed by atoms with Crippen LogP contribution in [-0.4, -0.2) is 36.8 Å². The molecule has 0 spiro atoms. The molecule has 0 unspecified atom stereocenters. The van der Waals surface area contributed by atoms with Gasteiger partial charge in [-0.1, -0.05) is 6.92 Å². The number of benzene rings is 1. The summed E-state index contributed by atoms with van der Waals surface area (Å²) in [5.74, 6) is 2.73. The van der Waals surface area contributed by atoms with Crippen molar-refractivity contribution in [3.05, 3.63) is 24.3 Å². The average molecular weight is 476 g/mol. The zero-order valence-electron chi connectivity index (χ0n) is 18.7. The Morgan fingerprint density at radius 1 is 1.00 bits per heavy atom. The van der Waals surface area contributed by atoms with Crippen molar-refractivity contribution in [3.8, 4) is 0 Å². The number of amides is 1. The molecule has 5 aliphatic rings. The van der Waals surface area contributed by atoms with Gasteiger partial charge in [-0.15, -0.1) is 0 Å². The van der Waals surface area contributed by atoms with Crippen molar-refractivity contribution in [2.75, 3.05) is 18.4 Å². The molecule has 32 heavy (non-hydrogen) atoms. The second-order valence-electron chi connectivity index (χ2n) is 10.7. The second-order valence-corrected chi connectivity index (χ2v) is 13.1. The Hall–Kier alpha value is -1.51. The fourth-order valence-electron chi connectivity index (χ4n) is 6.87. The van der Waals surface area contributed by atoms with Gasteiger partial charge in [0.25, 0.3) is 0 Å². The van der Waals surface area contributed by atoms with Crippen molar-refractivity contribution in [1.82, 2.24) is 9.62 Å². The van der Waals surface area contributed by atoms with Gasteiger partial charge in [-0.2, -0.15) is 4.31 Å². The molecule has 4 saturated carbocycles. The minimum absolute atomic E-state index is 0.0626. The molecule has 1 heterocycles. The molecule has 1 aromatic carbocycles. The van der Waals surface area contributed by atoms with E-state index in [4.69, 9.17) is 12.2 Å². The molecule has 4 aliphatic carbocycles. The highest BCUT2D eigenvalue weighted by Crippen LogP contribution is 2.60. The van der Waals surface area contributed by atoms with E-state index in [0.717, 1.165) is 32.1 Å². The normalized spacial score (nSPS) is 32.6. The van der Waals surface area contributed by atoms with E-state index in [-0.39, 0.29) is 16.4 Å². The van der Waals surface area contributed by atoms with Gasteiger partial charge in [-0.3, -0.25) is 4.79 Å². The number of sulfonamides is 1. The number of piperidine rings is 1. The average Bonchev–Trinajstić information content (AvgIpc) is 2.73. The summed E-state index contributed by atoms with van der Waals surface area (Å²) < 4.78 is 27.4. The highest BCUT2D eigenvalue weighted by Gasteiger charge is 2.54. The monoisotopic (exact) mass is 475 g/mol. The van der Waals surface area contributed by atoms with E-state index in [9.17, 15) is 13.2 Å². The summed E-state index contributed by atoms with van der Waals surface area (Å²) in [6.07, 6.45) is 8.66. The zero-order valence-corrected chi connectivity index (χ0v) is 20.3. The fraction of sp³-hybridized carbons (Fsp3) is 0.667. The van der Waals surface area contributed by atoms with E-state index < -0.39 is 10.0 Å². The lowest BCUT2D eigenvalue weighted by molar-refractivity contribution is -0.144. The van der Waals surface area contributed by atoms with Crippen molar-refractivity contribution in [2.45, 2.75) is 63.2 Å². The van der Waals surface area contributed by atoms with Crippen LogP contribution in [0.5, 0.6) is 0 Å². The number of hydrogen-bond donors (Lipinski definition) is 2. The van der Waals surface area contributed by atoms with Crippen LogP contribution in [0.3, 0.4) is 0 Å². The SMILES string of the molecule is CC1CCN(S(=O)(=O)c2ccc(NC(=S)NC(=O)C34CC5CC(CC(C5)C3)C4)cc2)CC1. The van der Waals surface area contributed by atoms with Crippen LogP contribution in [0.4, 0.5) is 5.69 Å². The molecule has 4 bridgehead atoms. The van der Waals surface area contributed by atoms with Crippen molar-refractivity contribution >= 4 is 38.9 Å². The van der Waals surface area contributed by atoms with Crippen molar-refractivity contribution in [3.63, 3.8) is 0 Å². The van der Waals surface area contributed by atoms with Gasteiger partial charge < -0.3 is 10.6 Å². The standard InChI is InChI=1S/C24H33N3O3S2/c1-16-6-8-27(9-7-16)32(29,30)21-4-2-20(3-5-21)25-23(31)26-22(28)24-13-17-10-18(14-24)12-19(11-17)15-24/h2-5,16-19H,6-15H2,1H3,(H2,25,26,28,31). The lowest BCUT2D eigenvalue weighted by atomic mass is 9.49. The molecule has 174 valence electrons. The predicted molar refractivity (Wildman–Crippen MR) is 129 cm³/mol. The molecule has 1 aliphatic heterocycles. The third-order valence-corrected chi connectivity index (χ3v) is 10.4. The van der Waals surface area contributed by atoms with E-state index in [2.05, 4.69) is 17.6 Å². The van der Waals surface area contributed by atoms with Crippen LogP contribution in [0.15, 0.2) is 29.2 Å². The maximum Gasteiger partial charge on any atom is 0.243 e. The molecule has 0 atom stereocenters. The lowest BCUT2D eigenvalue weighted by Gasteiger charge is -2.55. The van der Waals surface area contributed by atoms with Gasteiger partial charge in [0, 0.05) is 18.8 Å². The van der Waals surface area contributed by atoms with Crippen LogP contribution in [0, 0.1) is 29.1 Å². The Morgan fingerprint density at radius 2 is 1.53 bits per heavy atom. The molecular weight excluding hydrogens is 442 g/mol. The van der Waals surface area contributed by atoms with Gasteiger partial charge >= 0.3 is 0 Å². The molecule has 8 heteroatoms. The molecule has 5 fully saturated rings. The Morgan fingerprint density at radius 3 is 2.06 bits per heavy atom. The predicted octanol–water partition coefficient (Wildman–Crippen LogP) is 4.14. The number of carbonyl (C=O) groups is 1. The summed E-state index contributed by atoms with van der Waals surface area (Å²) in [6, 6.07) is 6.64. The lowest BCUT2D eigenvalue weighted by Crippen LogP contribution is -2.55. The van der Waals surface area contributed by atoms with E-state index in [0.29, 0.717) is 47.3 Å². The van der Waals surface area contributed by atoms with Crippen LogP contribution < -0.4 is 10.6 Å². The first kappa shape index (κ1) is 22.3. The number of carbonyl (C=O) groups excluding carboxylic acids is 1. The molecule has 1 aromatic rings. The number of thiocarbonyl (C=S) groups is 1. The minimum atomic E-state index is -3.47. The van der Waals surface area contributed by atoms with Gasteiger partial charge in [0.2, 0.25) is 15.9 Å². The molecule has 6 nitrogen and oxygen atoms in total. The first-order chi connectivity index (χ1) is 15.2. The molecule has 2 N–H and O–H groups in total. The topological polar surface area (TPSA) is 78.5 Å². The van der Waals surface area contributed by atoms with E-state index in [1.807, 2.05) is 0 Å². The zero-order chi connectivity index (χ0) is 22.5. The van der Waals surface area contributed by atoms with Crippen LogP contribution in [0.1, 0.15) is 58.3 Å². The quantitative estimate of drug-likeness (QED) is 0.640. The first-order valence-electron chi connectivity index (χ1n) is 12.0. The Kier molecular flexibility index (Phi) is 5.83. The largest absolute Gasteiger partial charge is 0.332 e. The molecule has 0 aromatic heterocycles. The number of hydrogen-bond acceptors (Lipinski definition) is 4. The molecule has 1 saturated heterocycles. The highest BCUT2D eigenvalue weighted by molar-refractivity contribution is 7.89. The number of nitrogens with one attached hydrogen (secondary N) is 2. The smallest absolute Gasteiger partial charge is 0.243 e. The third-order valence-electron chi connectivity index (χ3n) is 8.24. The summed E-state index contributed by atoms with van der Waals surface area (Å²) in [4.78, 5) is 13.5. The van der Waals surface area contributed by atoms with Gasteiger partial charge in [-0.05, 0) is 112 Å². The summed E-state index contributed by atoms with van der Waals surface area (Å²) >= 11 is 5.42. The van der Waals surface area contributed by atoms with Gasteiger partial charge in [-0.25, -0.2) is 8.42 Å². The van der Waals surface area contributed by atoms with Crippen molar-refractivity contribution in [2.24, 2.45) is 29.1 Å². The number of nitrogens with zero attached hydrogens (tertiary/aromatic N) is 1. The minimum Gasteiger partial charge on any atom is -0.332 e. The van der Waals surface area contributed by atoms with Crippen LogP contribution in [0.2, 0.25) is 0 Å². The van der Waals surface area contributed by atoms with Crippen LogP contribution in [0.25, 0.3) is 0 Å². The Balaban J connectivity index is 1.20.